The normalized spacial score (nSPS) is 11.0. The topological polar surface area (TPSA) is 80.9 Å². The fourth-order valence-corrected chi connectivity index (χ4v) is 4.36. The molecule has 0 radical (unpaired) electrons. The van der Waals surface area contributed by atoms with Crippen LogP contribution in [0.25, 0.3) is 10.2 Å². The van der Waals surface area contributed by atoms with E-state index in [4.69, 9.17) is 4.52 Å². The van der Waals surface area contributed by atoms with Gasteiger partial charge in [-0.25, -0.2) is 4.98 Å². The number of thiazole rings is 1. The Hall–Kier alpha value is -2.71. The van der Waals surface area contributed by atoms with Gasteiger partial charge in [0.05, 0.1) is 28.1 Å². The van der Waals surface area contributed by atoms with Gasteiger partial charge in [0.1, 0.15) is 5.01 Å². The van der Waals surface area contributed by atoms with E-state index in [0.29, 0.717) is 29.6 Å². The minimum absolute atomic E-state index is 0.126. The van der Waals surface area contributed by atoms with Crippen LogP contribution in [0, 0.1) is 6.92 Å². The Kier molecular flexibility index (Phi) is 5.17. The van der Waals surface area contributed by atoms with Crippen LogP contribution in [0.1, 0.15) is 27.1 Å². The molecule has 0 atom stereocenters. The van der Waals surface area contributed by atoms with Crippen molar-refractivity contribution in [3.05, 3.63) is 70.8 Å². The molecule has 0 aliphatic heterocycles. The monoisotopic (exact) mass is 396 g/mol. The molecule has 0 fully saturated rings. The number of amides is 1. The number of thioether (sulfide) groups is 1. The van der Waals surface area contributed by atoms with Gasteiger partial charge in [0.25, 0.3) is 5.91 Å². The molecular formula is C19H16N4O2S2. The number of hydrogen-bond acceptors (Lipinski definition) is 7. The Morgan fingerprint density at radius 1 is 1.15 bits per heavy atom. The minimum atomic E-state index is -0.126. The van der Waals surface area contributed by atoms with Crippen LogP contribution in [-0.2, 0) is 12.3 Å². The van der Waals surface area contributed by atoms with E-state index in [1.165, 1.54) is 11.8 Å². The smallest absolute Gasteiger partial charge is 0.252 e. The summed E-state index contributed by atoms with van der Waals surface area (Å²) in [5.41, 5.74) is 1.58. The number of nitrogens with one attached hydrogen (secondary N) is 1. The summed E-state index contributed by atoms with van der Waals surface area (Å²) < 4.78 is 6.25. The van der Waals surface area contributed by atoms with Crippen molar-refractivity contribution in [1.29, 1.82) is 0 Å². The van der Waals surface area contributed by atoms with Gasteiger partial charge in [-0.3, -0.25) is 4.79 Å². The van der Waals surface area contributed by atoms with E-state index >= 15 is 0 Å². The number of carbonyl (C=O) groups excluding carboxylic acids is 1. The molecule has 0 saturated carbocycles. The standard InChI is InChI=1S/C19H16N4O2S2/c1-12-21-17(25-23-12)11-26-15-8-4-2-6-13(15)19(24)20-10-18-22-14-7-3-5-9-16(14)27-18/h2-9H,10-11H2,1H3,(H,20,24). The average Bonchev–Trinajstić information content (AvgIpc) is 3.30. The summed E-state index contributed by atoms with van der Waals surface area (Å²) in [6.45, 7) is 2.18. The maximum atomic E-state index is 12.7. The lowest BCUT2D eigenvalue weighted by Gasteiger charge is -2.08. The van der Waals surface area contributed by atoms with Crippen molar-refractivity contribution in [2.45, 2.75) is 24.1 Å². The summed E-state index contributed by atoms with van der Waals surface area (Å²) in [5, 5.41) is 7.63. The lowest BCUT2D eigenvalue weighted by Crippen LogP contribution is -2.23. The van der Waals surface area contributed by atoms with E-state index < -0.39 is 0 Å². The van der Waals surface area contributed by atoms with Gasteiger partial charge in [0.15, 0.2) is 5.82 Å². The first kappa shape index (κ1) is 17.7. The molecule has 0 spiro atoms. The fraction of sp³-hybridized carbons (Fsp3) is 0.158. The second-order valence-corrected chi connectivity index (χ2v) is 7.91. The van der Waals surface area contributed by atoms with Crippen LogP contribution in [0.15, 0.2) is 57.9 Å². The predicted molar refractivity (Wildman–Crippen MR) is 106 cm³/mol. The Morgan fingerprint density at radius 2 is 1.96 bits per heavy atom. The highest BCUT2D eigenvalue weighted by Gasteiger charge is 2.13. The zero-order valence-corrected chi connectivity index (χ0v) is 16.1. The lowest BCUT2D eigenvalue weighted by atomic mass is 10.2. The number of fused-ring (bicyclic) bond motifs is 1. The first-order valence-corrected chi connectivity index (χ1v) is 10.1. The number of para-hydroxylation sites is 1. The minimum Gasteiger partial charge on any atom is -0.345 e. The van der Waals surface area contributed by atoms with Gasteiger partial charge in [-0.1, -0.05) is 29.4 Å². The van der Waals surface area contributed by atoms with Crippen LogP contribution < -0.4 is 5.32 Å². The molecule has 0 aliphatic carbocycles. The summed E-state index contributed by atoms with van der Waals surface area (Å²) >= 11 is 3.09. The van der Waals surface area contributed by atoms with Gasteiger partial charge in [-0.15, -0.1) is 23.1 Å². The Morgan fingerprint density at radius 3 is 2.78 bits per heavy atom. The van der Waals surface area contributed by atoms with E-state index in [2.05, 4.69) is 20.4 Å². The summed E-state index contributed by atoms with van der Waals surface area (Å²) in [6.07, 6.45) is 0. The molecule has 2 aromatic carbocycles. The van der Waals surface area contributed by atoms with Crippen molar-refractivity contribution in [1.82, 2.24) is 20.4 Å². The molecule has 0 aliphatic rings. The summed E-state index contributed by atoms with van der Waals surface area (Å²) in [7, 11) is 0. The molecule has 136 valence electrons. The average molecular weight is 396 g/mol. The molecule has 0 unspecified atom stereocenters. The van der Waals surface area contributed by atoms with Gasteiger partial charge in [-0.05, 0) is 31.2 Å². The Balaban J connectivity index is 1.43. The van der Waals surface area contributed by atoms with Gasteiger partial charge in [0.2, 0.25) is 5.89 Å². The van der Waals surface area contributed by atoms with Gasteiger partial charge in [-0.2, -0.15) is 4.98 Å². The summed E-state index contributed by atoms with van der Waals surface area (Å²) in [5.74, 6) is 1.54. The molecular weight excluding hydrogens is 380 g/mol. The first-order chi connectivity index (χ1) is 13.2. The molecule has 4 rings (SSSR count). The number of aromatic nitrogens is 3. The highest BCUT2D eigenvalue weighted by molar-refractivity contribution is 7.98. The summed E-state index contributed by atoms with van der Waals surface area (Å²) in [6, 6.07) is 15.4. The third kappa shape index (κ3) is 4.17. The molecule has 1 N–H and O–H groups in total. The van der Waals surface area contributed by atoms with Crippen LogP contribution in [0.5, 0.6) is 0 Å². The molecule has 2 aromatic heterocycles. The molecule has 4 aromatic rings. The number of hydrogen-bond donors (Lipinski definition) is 1. The number of benzene rings is 2. The Labute approximate surface area is 164 Å². The SMILES string of the molecule is Cc1noc(CSc2ccccc2C(=O)NCc2nc3ccccc3s2)n1. The predicted octanol–water partition coefficient (Wildman–Crippen LogP) is 4.21. The maximum Gasteiger partial charge on any atom is 0.252 e. The summed E-state index contributed by atoms with van der Waals surface area (Å²) in [4.78, 5) is 22.3. The zero-order valence-electron chi connectivity index (χ0n) is 14.5. The van der Waals surface area contributed by atoms with E-state index in [-0.39, 0.29) is 5.91 Å². The molecule has 2 heterocycles. The number of nitrogens with zero attached hydrogens (tertiary/aromatic N) is 3. The molecule has 0 bridgehead atoms. The van der Waals surface area contributed by atoms with E-state index in [1.807, 2.05) is 48.5 Å². The first-order valence-electron chi connectivity index (χ1n) is 8.33. The van der Waals surface area contributed by atoms with Crippen LogP contribution in [0.3, 0.4) is 0 Å². The molecule has 27 heavy (non-hydrogen) atoms. The third-order valence-electron chi connectivity index (χ3n) is 3.79. The van der Waals surface area contributed by atoms with Gasteiger partial charge < -0.3 is 9.84 Å². The molecule has 6 nitrogen and oxygen atoms in total. The van der Waals surface area contributed by atoms with Crippen LogP contribution in [0.2, 0.25) is 0 Å². The second kappa shape index (κ2) is 7.89. The highest BCUT2D eigenvalue weighted by atomic mass is 32.2. The molecule has 1 amide bonds. The zero-order chi connectivity index (χ0) is 18.6. The van der Waals surface area contributed by atoms with Crippen LogP contribution in [0.4, 0.5) is 0 Å². The van der Waals surface area contributed by atoms with Crippen LogP contribution in [-0.4, -0.2) is 21.0 Å². The quantitative estimate of drug-likeness (QED) is 0.492. The fourth-order valence-electron chi connectivity index (χ4n) is 2.56. The van der Waals surface area contributed by atoms with Gasteiger partial charge >= 0.3 is 0 Å². The number of carbonyl (C=O) groups is 1. The maximum absolute atomic E-state index is 12.7. The van der Waals surface area contributed by atoms with Crippen molar-refractivity contribution < 1.29 is 9.32 Å². The van der Waals surface area contributed by atoms with Crippen molar-refractivity contribution in [3.63, 3.8) is 0 Å². The van der Waals surface area contributed by atoms with Gasteiger partial charge in [0, 0.05) is 4.90 Å². The van der Waals surface area contributed by atoms with E-state index in [9.17, 15) is 4.79 Å². The largest absolute Gasteiger partial charge is 0.345 e. The second-order valence-electron chi connectivity index (χ2n) is 5.78. The number of aryl methyl sites for hydroxylation is 1. The van der Waals surface area contributed by atoms with Crippen molar-refractivity contribution in [2.24, 2.45) is 0 Å². The number of rotatable bonds is 6. The highest BCUT2D eigenvalue weighted by Crippen LogP contribution is 2.26. The lowest BCUT2D eigenvalue weighted by molar-refractivity contribution is 0.0948. The van der Waals surface area contributed by atoms with Crippen LogP contribution >= 0.6 is 23.1 Å². The van der Waals surface area contributed by atoms with Crippen molar-refractivity contribution >= 4 is 39.2 Å². The van der Waals surface area contributed by atoms with Crippen molar-refractivity contribution in [2.75, 3.05) is 0 Å². The van der Waals surface area contributed by atoms with Crippen molar-refractivity contribution in [3.8, 4) is 0 Å². The Bertz CT molecular complexity index is 1060. The van der Waals surface area contributed by atoms with E-state index in [0.717, 1.165) is 20.1 Å². The third-order valence-corrected chi connectivity index (χ3v) is 5.89. The molecule has 0 saturated heterocycles. The molecule has 8 heteroatoms. The van der Waals surface area contributed by atoms with E-state index in [1.54, 1.807) is 18.3 Å².